The highest BCUT2D eigenvalue weighted by Crippen LogP contribution is 2.20. The zero-order valence-electron chi connectivity index (χ0n) is 14.0. The van der Waals surface area contributed by atoms with Crippen LogP contribution in [0.4, 0.5) is 0 Å². The Labute approximate surface area is 134 Å². The number of benzene rings is 1. The van der Waals surface area contributed by atoms with Gasteiger partial charge >= 0.3 is 0 Å². The van der Waals surface area contributed by atoms with E-state index < -0.39 is 0 Å². The molecule has 1 amide bonds. The van der Waals surface area contributed by atoms with Crippen molar-refractivity contribution in [3.05, 3.63) is 30.3 Å². The molecule has 4 nitrogen and oxygen atoms in total. The molecule has 1 aromatic carbocycles. The molecule has 122 valence electrons. The van der Waals surface area contributed by atoms with E-state index in [2.05, 4.69) is 25.7 Å². The number of amides is 1. The number of para-hydroxylation sites is 1. The van der Waals surface area contributed by atoms with E-state index in [0.717, 1.165) is 38.5 Å². The van der Waals surface area contributed by atoms with Crippen LogP contribution in [0, 0.1) is 5.41 Å². The molecule has 22 heavy (non-hydrogen) atoms. The number of nitrogens with zero attached hydrogens (tertiary/aromatic N) is 2. The molecule has 0 atom stereocenters. The Morgan fingerprint density at radius 3 is 2.32 bits per heavy atom. The van der Waals surface area contributed by atoms with E-state index in [0.29, 0.717) is 13.0 Å². The lowest BCUT2D eigenvalue weighted by molar-refractivity contribution is -0.134. The number of piperazine rings is 1. The zero-order valence-corrected chi connectivity index (χ0v) is 14.0. The molecule has 4 heteroatoms. The average molecular weight is 304 g/mol. The summed E-state index contributed by atoms with van der Waals surface area (Å²) in [7, 11) is 0. The molecule has 0 aliphatic carbocycles. The summed E-state index contributed by atoms with van der Waals surface area (Å²) < 4.78 is 5.73. The van der Waals surface area contributed by atoms with Gasteiger partial charge in [-0.05, 0) is 17.5 Å². The van der Waals surface area contributed by atoms with Gasteiger partial charge in [0.25, 0.3) is 0 Å². The van der Waals surface area contributed by atoms with E-state index in [1.807, 2.05) is 35.2 Å². The molecule has 1 aliphatic rings. The first-order valence-corrected chi connectivity index (χ1v) is 8.12. The molecule has 0 bridgehead atoms. The third-order valence-corrected chi connectivity index (χ3v) is 3.83. The third-order valence-electron chi connectivity index (χ3n) is 3.83. The second kappa shape index (κ2) is 7.63. The van der Waals surface area contributed by atoms with E-state index in [9.17, 15) is 4.79 Å². The molecule has 0 aromatic heterocycles. The van der Waals surface area contributed by atoms with Crippen LogP contribution in [0.2, 0.25) is 0 Å². The molecule has 1 saturated heterocycles. The second-order valence-electron chi connectivity index (χ2n) is 7.12. The monoisotopic (exact) mass is 304 g/mol. The van der Waals surface area contributed by atoms with E-state index in [1.165, 1.54) is 0 Å². The normalized spacial score (nSPS) is 16.6. The summed E-state index contributed by atoms with van der Waals surface area (Å²) in [5.41, 5.74) is 0.0672. The zero-order chi connectivity index (χ0) is 16.0. The number of hydrogen-bond donors (Lipinski definition) is 0. The predicted molar refractivity (Wildman–Crippen MR) is 89.0 cm³/mol. The SMILES string of the molecule is CC(C)(C)CC(=O)N1CCN(CCOc2ccccc2)CC1. The van der Waals surface area contributed by atoms with Crippen LogP contribution in [0.1, 0.15) is 27.2 Å². The maximum absolute atomic E-state index is 12.2. The van der Waals surface area contributed by atoms with Gasteiger partial charge in [0.15, 0.2) is 0 Å². The number of carbonyl (C=O) groups excluding carboxylic acids is 1. The predicted octanol–water partition coefficient (Wildman–Crippen LogP) is 2.65. The summed E-state index contributed by atoms with van der Waals surface area (Å²) in [5, 5.41) is 0. The van der Waals surface area contributed by atoms with E-state index >= 15 is 0 Å². The summed E-state index contributed by atoms with van der Waals surface area (Å²) in [5.74, 6) is 1.20. The first-order chi connectivity index (χ1) is 10.4. The fraction of sp³-hybridized carbons (Fsp3) is 0.611. The first-order valence-electron chi connectivity index (χ1n) is 8.12. The van der Waals surface area contributed by atoms with Crippen molar-refractivity contribution in [3.63, 3.8) is 0 Å². The average Bonchev–Trinajstić information content (AvgIpc) is 2.47. The van der Waals surface area contributed by atoms with Crippen LogP contribution >= 0.6 is 0 Å². The molecular formula is C18H28N2O2. The Kier molecular flexibility index (Phi) is 5.83. The molecule has 1 heterocycles. The molecule has 0 saturated carbocycles. The third kappa shape index (κ3) is 5.68. The first kappa shape index (κ1) is 16.8. The van der Waals surface area contributed by atoms with Crippen LogP contribution in [-0.4, -0.2) is 55.0 Å². The maximum atomic E-state index is 12.2. The number of carbonyl (C=O) groups is 1. The van der Waals surface area contributed by atoms with Gasteiger partial charge in [-0.3, -0.25) is 9.69 Å². The van der Waals surface area contributed by atoms with Crippen LogP contribution in [0.15, 0.2) is 30.3 Å². The smallest absolute Gasteiger partial charge is 0.223 e. The lowest BCUT2D eigenvalue weighted by Gasteiger charge is -2.35. The highest BCUT2D eigenvalue weighted by Gasteiger charge is 2.24. The van der Waals surface area contributed by atoms with Crippen molar-refractivity contribution < 1.29 is 9.53 Å². The van der Waals surface area contributed by atoms with Gasteiger partial charge < -0.3 is 9.64 Å². The van der Waals surface area contributed by atoms with Gasteiger partial charge in [-0.25, -0.2) is 0 Å². The summed E-state index contributed by atoms with van der Waals surface area (Å²) in [6.07, 6.45) is 0.629. The van der Waals surface area contributed by atoms with Gasteiger partial charge in [-0.1, -0.05) is 39.0 Å². The minimum Gasteiger partial charge on any atom is -0.492 e. The second-order valence-corrected chi connectivity index (χ2v) is 7.12. The van der Waals surface area contributed by atoms with Crippen LogP contribution in [-0.2, 0) is 4.79 Å². The highest BCUT2D eigenvalue weighted by molar-refractivity contribution is 5.76. The van der Waals surface area contributed by atoms with Gasteiger partial charge in [-0.2, -0.15) is 0 Å². The largest absolute Gasteiger partial charge is 0.492 e. The molecule has 1 aliphatic heterocycles. The van der Waals surface area contributed by atoms with E-state index in [1.54, 1.807) is 0 Å². The van der Waals surface area contributed by atoms with Gasteiger partial charge in [-0.15, -0.1) is 0 Å². The van der Waals surface area contributed by atoms with Gasteiger partial charge in [0.2, 0.25) is 5.91 Å². The van der Waals surface area contributed by atoms with Crippen LogP contribution in [0.25, 0.3) is 0 Å². The molecule has 2 rings (SSSR count). The minimum atomic E-state index is 0.0672. The quantitative estimate of drug-likeness (QED) is 0.838. The van der Waals surface area contributed by atoms with Gasteiger partial charge in [0.1, 0.15) is 12.4 Å². The number of ether oxygens (including phenoxy) is 1. The number of hydrogen-bond acceptors (Lipinski definition) is 3. The van der Waals surface area contributed by atoms with E-state index in [-0.39, 0.29) is 11.3 Å². The number of rotatable bonds is 5. The summed E-state index contributed by atoms with van der Waals surface area (Å²) in [6.45, 7) is 11.5. The molecular weight excluding hydrogens is 276 g/mol. The van der Waals surface area contributed by atoms with Gasteiger partial charge in [0.05, 0.1) is 0 Å². The summed E-state index contributed by atoms with van der Waals surface area (Å²) in [4.78, 5) is 16.6. The molecule has 0 unspecified atom stereocenters. The van der Waals surface area contributed by atoms with Crippen LogP contribution in [0.3, 0.4) is 0 Å². The Morgan fingerprint density at radius 1 is 1.09 bits per heavy atom. The van der Waals surface area contributed by atoms with Crippen molar-refractivity contribution in [2.75, 3.05) is 39.3 Å². The molecule has 1 fully saturated rings. The molecule has 0 N–H and O–H groups in total. The highest BCUT2D eigenvalue weighted by atomic mass is 16.5. The fourth-order valence-corrected chi connectivity index (χ4v) is 2.60. The lowest BCUT2D eigenvalue weighted by Crippen LogP contribution is -2.50. The summed E-state index contributed by atoms with van der Waals surface area (Å²) >= 11 is 0. The Morgan fingerprint density at radius 2 is 1.73 bits per heavy atom. The van der Waals surface area contributed by atoms with Gasteiger partial charge in [0, 0.05) is 39.1 Å². The standard InChI is InChI=1S/C18H28N2O2/c1-18(2,3)15-17(21)20-11-9-19(10-12-20)13-14-22-16-7-5-4-6-8-16/h4-8H,9-15H2,1-3H3. The van der Waals surface area contributed by atoms with Crippen molar-refractivity contribution >= 4 is 5.91 Å². The van der Waals surface area contributed by atoms with Crippen LogP contribution in [0.5, 0.6) is 5.75 Å². The fourth-order valence-electron chi connectivity index (χ4n) is 2.60. The Balaban J connectivity index is 1.66. The van der Waals surface area contributed by atoms with Crippen molar-refractivity contribution in [3.8, 4) is 5.75 Å². The Bertz CT molecular complexity index is 460. The van der Waals surface area contributed by atoms with Crippen molar-refractivity contribution in [2.24, 2.45) is 5.41 Å². The van der Waals surface area contributed by atoms with Crippen molar-refractivity contribution in [1.29, 1.82) is 0 Å². The maximum Gasteiger partial charge on any atom is 0.223 e. The van der Waals surface area contributed by atoms with Crippen molar-refractivity contribution in [2.45, 2.75) is 27.2 Å². The molecule has 1 aromatic rings. The van der Waals surface area contributed by atoms with Crippen molar-refractivity contribution in [1.82, 2.24) is 9.80 Å². The van der Waals surface area contributed by atoms with E-state index in [4.69, 9.17) is 4.74 Å². The topological polar surface area (TPSA) is 32.8 Å². The molecule has 0 spiro atoms. The minimum absolute atomic E-state index is 0.0672. The lowest BCUT2D eigenvalue weighted by atomic mass is 9.91. The Hall–Kier alpha value is -1.55. The summed E-state index contributed by atoms with van der Waals surface area (Å²) in [6, 6.07) is 9.90. The molecule has 0 radical (unpaired) electrons. The van der Waals surface area contributed by atoms with Crippen LogP contribution < -0.4 is 4.74 Å².